The molecule has 0 radical (unpaired) electrons. The molecule has 1 aromatic carbocycles. The van der Waals surface area contributed by atoms with Gasteiger partial charge in [-0.3, -0.25) is 9.59 Å². The third-order valence-corrected chi connectivity index (χ3v) is 5.08. The van der Waals surface area contributed by atoms with Gasteiger partial charge in [0.25, 0.3) is 5.91 Å². The number of nitrogens with zero attached hydrogens (tertiary/aromatic N) is 3. The van der Waals surface area contributed by atoms with Crippen molar-refractivity contribution in [3.63, 3.8) is 0 Å². The molecule has 0 spiro atoms. The number of hydrogen-bond donors (Lipinski definition) is 1. The monoisotopic (exact) mass is 424 g/mol. The molecule has 1 N–H and O–H groups in total. The van der Waals surface area contributed by atoms with Gasteiger partial charge in [0.2, 0.25) is 5.91 Å². The van der Waals surface area contributed by atoms with Gasteiger partial charge in [-0.15, -0.1) is 0 Å². The lowest BCUT2D eigenvalue weighted by atomic mass is 9.91. The standard InChI is InChI=1S/C24H32N4O3/c1-5-31-20-9-7-6-8-19(20)23(30)26-18-10-11-21(25-17-18)27-12-14-28(15-13-27)22(29)16-24(2,3)4/h6-11,17H,5,12-16H2,1-4H3,(H,26,30). The quantitative estimate of drug-likeness (QED) is 0.763. The minimum absolute atomic E-state index is 0.000777. The molecule has 3 rings (SSSR count). The molecule has 0 saturated carbocycles. The van der Waals surface area contributed by atoms with E-state index in [9.17, 15) is 9.59 Å². The summed E-state index contributed by atoms with van der Waals surface area (Å²) in [4.78, 5) is 33.7. The van der Waals surface area contributed by atoms with Crippen LogP contribution in [0.2, 0.25) is 0 Å². The van der Waals surface area contributed by atoms with Gasteiger partial charge in [-0.05, 0) is 36.6 Å². The zero-order chi connectivity index (χ0) is 22.4. The molecule has 31 heavy (non-hydrogen) atoms. The van der Waals surface area contributed by atoms with Gasteiger partial charge in [-0.25, -0.2) is 4.98 Å². The van der Waals surface area contributed by atoms with Crippen molar-refractivity contribution < 1.29 is 14.3 Å². The highest BCUT2D eigenvalue weighted by Gasteiger charge is 2.25. The number of nitrogens with one attached hydrogen (secondary N) is 1. The van der Waals surface area contributed by atoms with Gasteiger partial charge in [-0.1, -0.05) is 32.9 Å². The van der Waals surface area contributed by atoms with E-state index in [0.717, 1.165) is 18.9 Å². The Kier molecular flexibility index (Phi) is 7.15. The largest absolute Gasteiger partial charge is 0.493 e. The van der Waals surface area contributed by atoms with E-state index in [4.69, 9.17) is 4.74 Å². The lowest BCUT2D eigenvalue weighted by molar-refractivity contribution is -0.133. The van der Waals surface area contributed by atoms with Crippen molar-refractivity contribution in [2.24, 2.45) is 5.41 Å². The van der Waals surface area contributed by atoms with Crippen molar-refractivity contribution in [2.75, 3.05) is 43.0 Å². The first-order chi connectivity index (χ1) is 14.8. The van der Waals surface area contributed by atoms with Crippen LogP contribution in [0.25, 0.3) is 0 Å². The molecule has 0 atom stereocenters. The van der Waals surface area contributed by atoms with Crippen LogP contribution >= 0.6 is 0 Å². The first-order valence-corrected chi connectivity index (χ1v) is 10.8. The second kappa shape index (κ2) is 9.81. The fourth-order valence-electron chi connectivity index (χ4n) is 3.53. The third kappa shape index (κ3) is 6.20. The van der Waals surface area contributed by atoms with Crippen LogP contribution in [0.15, 0.2) is 42.6 Å². The average Bonchev–Trinajstić information content (AvgIpc) is 2.74. The molecule has 2 heterocycles. The molecule has 7 nitrogen and oxygen atoms in total. The number of piperazine rings is 1. The van der Waals surface area contributed by atoms with E-state index in [1.54, 1.807) is 18.3 Å². The maximum Gasteiger partial charge on any atom is 0.259 e. The van der Waals surface area contributed by atoms with Crippen molar-refractivity contribution in [1.29, 1.82) is 0 Å². The number of benzene rings is 1. The van der Waals surface area contributed by atoms with Crippen LogP contribution in [0, 0.1) is 5.41 Å². The predicted molar refractivity (Wildman–Crippen MR) is 123 cm³/mol. The second-order valence-electron chi connectivity index (χ2n) is 8.89. The summed E-state index contributed by atoms with van der Waals surface area (Å²) >= 11 is 0. The Hall–Kier alpha value is -3.09. The molecule has 166 valence electrons. The van der Waals surface area contributed by atoms with Crippen molar-refractivity contribution in [3.8, 4) is 5.75 Å². The fourth-order valence-corrected chi connectivity index (χ4v) is 3.53. The van der Waals surface area contributed by atoms with Gasteiger partial charge in [0, 0.05) is 32.6 Å². The first kappa shape index (κ1) is 22.6. The highest BCUT2D eigenvalue weighted by atomic mass is 16.5. The molecule has 1 saturated heterocycles. The van der Waals surface area contributed by atoms with Gasteiger partial charge in [0.1, 0.15) is 11.6 Å². The Morgan fingerprint density at radius 2 is 1.77 bits per heavy atom. The summed E-state index contributed by atoms with van der Waals surface area (Å²) in [7, 11) is 0. The Morgan fingerprint density at radius 3 is 2.39 bits per heavy atom. The number of pyridine rings is 1. The normalized spacial score (nSPS) is 14.3. The van der Waals surface area contributed by atoms with E-state index in [2.05, 4.69) is 36.0 Å². The Bertz CT molecular complexity index is 898. The molecular formula is C24H32N4O3. The van der Waals surface area contributed by atoms with E-state index in [1.165, 1.54) is 0 Å². The van der Waals surface area contributed by atoms with Crippen LogP contribution in [0.1, 0.15) is 44.5 Å². The molecule has 0 aliphatic carbocycles. The second-order valence-corrected chi connectivity index (χ2v) is 8.89. The number of amides is 2. The zero-order valence-corrected chi connectivity index (χ0v) is 18.9. The van der Waals surface area contributed by atoms with Crippen molar-refractivity contribution in [2.45, 2.75) is 34.1 Å². The van der Waals surface area contributed by atoms with Crippen molar-refractivity contribution in [1.82, 2.24) is 9.88 Å². The van der Waals surface area contributed by atoms with Crippen LogP contribution in [0.4, 0.5) is 11.5 Å². The Morgan fingerprint density at radius 1 is 1.06 bits per heavy atom. The summed E-state index contributed by atoms with van der Waals surface area (Å²) in [5.74, 6) is 1.39. The minimum atomic E-state index is -0.232. The molecule has 1 aliphatic heterocycles. The SMILES string of the molecule is CCOc1ccccc1C(=O)Nc1ccc(N2CCN(C(=O)CC(C)(C)C)CC2)nc1. The first-order valence-electron chi connectivity index (χ1n) is 10.8. The molecule has 1 aliphatic rings. The van der Waals surface area contributed by atoms with E-state index >= 15 is 0 Å². The van der Waals surface area contributed by atoms with Crippen LogP contribution in [-0.4, -0.2) is 54.5 Å². The highest BCUT2D eigenvalue weighted by Crippen LogP contribution is 2.23. The van der Waals surface area contributed by atoms with E-state index in [1.807, 2.05) is 36.1 Å². The summed E-state index contributed by atoms with van der Waals surface area (Å²) in [5.41, 5.74) is 1.11. The van der Waals surface area contributed by atoms with Crippen molar-refractivity contribution >= 4 is 23.3 Å². The summed E-state index contributed by atoms with van der Waals surface area (Å²) in [6, 6.07) is 10.9. The smallest absolute Gasteiger partial charge is 0.259 e. The molecular weight excluding hydrogens is 392 g/mol. The molecule has 2 aromatic rings. The molecule has 1 fully saturated rings. The Balaban J connectivity index is 1.56. The molecule has 1 aromatic heterocycles. The number of carbonyl (C=O) groups excluding carboxylic acids is 2. The average molecular weight is 425 g/mol. The van der Waals surface area contributed by atoms with Gasteiger partial charge >= 0.3 is 0 Å². The molecule has 0 bridgehead atoms. The van der Waals surface area contributed by atoms with Gasteiger partial charge in [0.05, 0.1) is 24.1 Å². The molecule has 7 heteroatoms. The minimum Gasteiger partial charge on any atom is -0.493 e. The van der Waals surface area contributed by atoms with E-state index in [-0.39, 0.29) is 17.2 Å². The number of hydrogen-bond acceptors (Lipinski definition) is 5. The topological polar surface area (TPSA) is 74.8 Å². The van der Waals surface area contributed by atoms with Crippen LogP contribution in [0.5, 0.6) is 5.75 Å². The molecule has 2 amide bonds. The number of para-hydroxylation sites is 1. The summed E-state index contributed by atoms with van der Waals surface area (Å²) < 4.78 is 5.54. The lowest BCUT2D eigenvalue weighted by Crippen LogP contribution is -2.49. The number of rotatable bonds is 6. The number of carbonyl (C=O) groups is 2. The maximum atomic E-state index is 12.6. The number of aromatic nitrogens is 1. The predicted octanol–water partition coefficient (Wildman–Crippen LogP) is 3.82. The van der Waals surface area contributed by atoms with Crippen LogP contribution < -0.4 is 15.0 Å². The van der Waals surface area contributed by atoms with Crippen LogP contribution in [-0.2, 0) is 4.79 Å². The number of ether oxygens (including phenoxy) is 1. The molecule has 0 unspecified atom stereocenters. The summed E-state index contributed by atoms with van der Waals surface area (Å²) in [6.45, 7) is 11.5. The van der Waals surface area contributed by atoms with Gasteiger partial charge < -0.3 is 19.9 Å². The lowest BCUT2D eigenvalue weighted by Gasteiger charge is -2.36. The highest BCUT2D eigenvalue weighted by molar-refractivity contribution is 6.06. The van der Waals surface area contributed by atoms with E-state index < -0.39 is 0 Å². The summed E-state index contributed by atoms with van der Waals surface area (Å²) in [6.07, 6.45) is 2.22. The zero-order valence-electron chi connectivity index (χ0n) is 18.9. The van der Waals surface area contributed by atoms with Gasteiger partial charge in [0.15, 0.2) is 0 Å². The van der Waals surface area contributed by atoms with Gasteiger partial charge in [-0.2, -0.15) is 0 Å². The maximum absolute atomic E-state index is 12.6. The number of anilines is 2. The van der Waals surface area contributed by atoms with E-state index in [0.29, 0.717) is 43.1 Å². The van der Waals surface area contributed by atoms with Crippen molar-refractivity contribution in [3.05, 3.63) is 48.2 Å². The third-order valence-electron chi connectivity index (χ3n) is 5.08. The Labute approximate surface area is 184 Å². The summed E-state index contributed by atoms with van der Waals surface area (Å²) in [5, 5.41) is 2.88. The van der Waals surface area contributed by atoms with Crippen LogP contribution in [0.3, 0.4) is 0 Å². The fraction of sp³-hybridized carbons (Fsp3) is 0.458.